The number of fused-ring (bicyclic) bond motifs is 1. The van der Waals surface area contributed by atoms with Crippen molar-refractivity contribution in [3.05, 3.63) is 58.3 Å². The SMILES string of the molecule is CCC(C)c1nn(CC)c(=O)c(Nc2cncc3ccccc23)c1C(C)=O. The van der Waals surface area contributed by atoms with Crippen molar-refractivity contribution in [2.45, 2.75) is 46.6 Å². The van der Waals surface area contributed by atoms with Crippen LogP contribution >= 0.6 is 0 Å². The highest BCUT2D eigenvalue weighted by molar-refractivity contribution is 6.03. The maximum absolute atomic E-state index is 13.0. The highest BCUT2D eigenvalue weighted by Gasteiger charge is 2.23. The van der Waals surface area contributed by atoms with E-state index in [1.807, 2.05) is 45.0 Å². The van der Waals surface area contributed by atoms with Crippen molar-refractivity contribution in [2.75, 3.05) is 5.32 Å². The van der Waals surface area contributed by atoms with Gasteiger partial charge < -0.3 is 5.32 Å². The summed E-state index contributed by atoms with van der Waals surface area (Å²) in [6.45, 7) is 7.83. The van der Waals surface area contributed by atoms with Crippen molar-refractivity contribution in [1.82, 2.24) is 14.8 Å². The van der Waals surface area contributed by atoms with E-state index in [1.165, 1.54) is 11.6 Å². The summed E-state index contributed by atoms with van der Waals surface area (Å²) in [5.74, 6) is -0.109. The van der Waals surface area contributed by atoms with Crippen LogP contribution < -0.4 is 10.9 Å². The molecule has 140 valence electrons. The van der Waals surface area contributed by atoms with Crippen LogP contribution in [0, 0.1) is 0 Å². The van der Waals surface area contributed by atoms with Gasteiger partial charge in [-0.2, -0.15) is 5.10 Å². The van der Waals surface area contributed by atoms with Crippen molar-refractivity contribution < 1.29 is 4.79 Å². The Morgan fingerprint density at radius 3 is 2.63 bits per heavy atom. The average molecular weight is 364 g/mol. The van der Waals surface area contributed by atoms with Crippen LogP contribution in [0.15, 0.2) is 41.5 Å². The summed E-state index contributed by atoms with van der Waals surface area (Å²) in [4.78, 5) is 29.7. The number of carbonyl (C=O) groups excluding carboxylic acids is 1. The van der Waals surface area contributed by atoms with Crippen molar-refractivity contribution >= 4 is 27.9 Å². The number of nitrogens with one attached hydrogen (secondary N) is 1. The normalized spacial score (nSPS) is 12.1. The van der Waals surface area contributed by atoms with Crippen molar-refractivity contribution in [1.29, 1.82) is 0 Å². The number of hydrogen-bond acceptors (Lipinski definition) is 5. The second-order valence-corrected chi connectivity index (χ2v) is 6.65. The molecule has 0 saturated heterocycles. The van der Waals surface area contributed by atoms with Crippen molar-refractivity contribution in [3.8, 4) is 0 Å². The molecule has 1 aromatic carbocycles. The number of nitrogens with zero attached hydrogens (tertiary/aromatic N) is 3. The van der Waals surface area contributed by atoms with E-state index in [0.717, 1.165) is 17.2 Å². The fourth-order valence-electron chi connectivity index (χ4n) is 3.17. The van der Waals surface area contributed by atoms with Crippen LogP contribution in [0.3, 0.4) is 0 Å². The molecule has 0 saturated carbocycles. The average Bonchev–Trinajstić information content (AvgIpc) is 2.68. The van der Waals surface area contributed by atoms with Crippen LogP contribution in [0.5, 0.6) is 0 Å². The van der Waals surface area contributed by atoms with Gasteiger partial charge in [0.1, 0.15) is 5.69 Å². The van der Waals surface area contributed by atoms with Gasteiger partial charge in [0.25, 0.3) is 5.56 Å². The van der Waals surface area contributed by atoms with Crippen LogP contribution in [0.2, 0.25) is 0 Å². The first-order chi connectivity index (χ1) is 13.0. The van der Waals surface area contributed by atoms with E-state index < -0.39 is 0 Å². The Hall–Kier alpha value is -3.02. The van der Waals surface area contributed by atoms with Gasteiger partial charge in [-0.15, -0.1) is 0 Å². The van der Waals surface area contributed by atoms with Gasteiger partial charge in [0.05, 0.1) is 23.1 Å². The number of aromatic nitrogens is 3. The Morgan fingerprint density at radius 2 is 1.96 bits per heavy atom. The monoisotopic (exact) mass is 364 g/mol. The van der Waals surface area contributed by atoms with E-state index in [9.17, 15) is 9.59 Å². The van der Waals surface area contributed by atoms with Gasteiger partial charge in [0.2, 0.25) is 0 Å². The van der Waals surface area contributed by atoms with E-state index in [-0.39, 0.29) is 22.9 Å². The molecule has 2 heterocycles. The minimum absolute atomic E-state index is 0.0634. The molecule has 0 radical (unpaired) electrons. The zero-order chi connectivity index (χ0) is 19.6. The first-order valence-electron chi connectivity index (χ1n) is 9.23. The Bertz CT molecular complexity index is 1050. The van der Waals surface area contributed by atoms with Gasteiger partial charge in [-0.3, -0.25) is 14.6 Å². The fourth-order valence-corrected chi connectivity index (χ4v) is 3.17. The maximum atomic E-state index is 13.0. The van der Waals surface area contributed by atoms with Gasteiger partial charge in [-0.05, 0) is 20.3 Å². The molecule has 0 bridgehead atoms. The smallest absolute Gasteiger partial charge is 0.291 e. The van der Waals surface area contributed by atoms with Crippen LogP contribution in [-0.4, -0.2) is 20.5 Å². The summed E-state index contributed by atoms with van der Waals surface area (Å²) in [6, 6.07) is 7.79. The molecule has 0 aliphatic heterocycles. The number of Topliss-reactive ketones (excluding diaryl/α,β-unsaturated/α-hetero) is 1. The number of pyridine rings is 1. The zero-order valence-corrected chi connectivity index (χ0v) is 16.1. The molecule has 1 N–H and O–H groups in total. The summed E-state index contributed by atoms with van der Waals surface area (Å²) in [5.41, 5.74) is 1.68. The first-order valence-corrected chi connectivity index (χ1v) is 9.23. The van der Waals surface area contributed by atoms with Gasteiger partial charge in [0, 0.05) is 29.4 Å². The molecule has 0 spiro atoms. The van der Waals surface area contributed by atoms with Crippen LogP contribution in [0.4, 0.5) is 11.4 Å². The van der Waals surface area contributed by atoms with Gasteiger partial charge in [-0.25, -0.2) is 4.68 Å². The molecular formula is C21H24N4O2. The molecule has 1 atom stereocenters. The molecule has 0 fully saturated rings. The topological polar surface area (TPSA) is 76.9 Å². The third-order valence-corrected chi connectivity index (χ3v) is 4.84. The number of ketones is 1. The van der Waals surface area contributed by atoms with E-state index in [1.54, 1.807) is 12.4 Å². The van der Waals surface area contributed by atoms with Crippen LogP contribution in [0.1, 0.15) is 56.1 Å². The molecule has 3 rings (SSSR count). The van der Waals surface area contributed by atoms with Gasteiger partial charge in [-0.1, -0.05) is 38.1 Å². The summed E-state index contributed by atoms with van der Waals surface area (Å²) in [5, 5.41) is 9.57. The van der Waals surface area contributed by atoms with Crippen LogP contribution in [-0.2, 0) is 6.54 Å². The summed E-state index contributed by atoms with van der Waals surface area (Å²) >= 11 is 0. The molecule has 0 amide bonds. The third kappa shape index (κ3) is 3.47. The number of hydrogen-bond donors (Lipinski definition) is 1. The van der Waals surface area contributed by atoms with Crippen molar-refractivity contribution in [3.63, 3.8) is 0 Å². The quantitative estimate of drug-likeness (QED) is 0.661. The molecule has 1 unspecified atom stereocenters. The number of anilines is 2. The van der Waals surface area contributed by atoms with E-state index in [0.29, 0.717) is 23.5 Å². The minimum Gasteiger partial charge on any atom is -0.349 e. The van der Waals surface area contributed by atoms with Gasteiger partial charge in [0.15, 0.2) is 5.78 Å². The maximum Gasteiger partial charge on any atom is 0.291 e. The first kappa shape index (κ1) is 18.8. The number of benzene rings is 1. The largest absolute Gasteiger partial charge is 0.349 e. The predicted molar refractivity (Wildman–Crippen MR) is 108 cm³/mol. The number of carbonyl (C=O) groups is 1. The summed E-state index contributed by atoms with van der Waals surface area (Å²) in [7, 11) is 0. The Kier molecular flexibility index (Phi) is 5.35. The second-order valence-electron chi connectivity index (χ2n) is 6.65. The lowest BCUT2D eigenvalue weighted by molar-refractivity contribution is 0.101. The highest BCUT2D eigenvalue weighted by atomic mass is 16.1. The molecular weight excluding hydrogens is 340 g/mol. The molecule has 2 aromatic heterocycles. The molecule has 3 aromatic rings. The standard InChI is InChI=1S/C21H24N4O2/c1-5-13(3)19-18(14(4)26)20(21(27)25(6-2)24-19)23-17-12-22-11-15-9-7-8-10-16(15)17/h7-13,23H,5-6H2,1-4H3. The Balaban J connectivity index is 2.27. The lowest BCUT2D eigenvalue weighted by Gasteiger charge is -2.19. The number of aryl methyl sites for hydroxylation is 1. The molecule has 0 aliphatic rings. The predicted octanol–water partition coefficient (Wildman–Crippen LogP) is 4.27. The second kappa shape index (κ2) is 7.70. The lowest BCUT2D eigenvalue weighted by atomic mass is 9.96. The fraction of sp³-hybridized carbons (Fsp3) is 0.333. The molecule has 0 aliphatic carbocycles. The zero-order valence-electron chi connectivity index (χ0n) is 16.1. The van der Waals surface area contributed by atoms with Crippen molar-refractivity contribution in [2.24, 2.45) is 0 Å². The summed E-state index contributed by atoms with van der Waals surface area (Å²) in [6.07, 6.45) is 4.27. The Labute approximate surface area is 158 Å². The third-order valence-electron chi connectivity index (χ3n) is 4.84. The number of rotatable bonds is 6. The minimum atomic E-state index is -0.303. The summed E-state index contributed by atoms with van der Waals surface area (Å²) < 4.78 is 1.41. The highest BCUT2D eigenvalue weighted by Crippen LogP contribution is 2.29. The van der Waals surface area contributed by atoms with Crippen LogP contribution in [0.25, 0.3) is 10.8 Å². The lowest BCUT2D eigenvalue weighted by Crippen LogP contribution is -2.29. The molecule has 27 heavy (non-hydrogen) atoms. The van der Waals surface area contributed by atoms with E-state index in [2.05, 4.69) is 15.4 Å². The van der Waals surface area contributed by atoms with E-state index >= 15 is 0 Å². The molecule has 6 heteroatoms. The molecule has 6 nitrogen and oxygen atoms in total. The van der Waals surface area contributed by atoms with Gasteiger partial charge >= 0.3 is 0 Å². The Morgan fingerprint density at radius 1 is 1.22 bits per heavy atom. The van der Waals surface area contributed by atoms with E-state index in [4.69, 9.17) is 0 Å².